The van der Waals surface area contributed by atoms with Gasteiger partial charge in [0, 0.05) is 11.3 Å². The number of H-pyrrole nitrogens is 1. The number of aromatic nitrogens is 3. The van der Waals surface area contributed by atoms with E-state index in [9.17, 15) is 9.59 Å². The minimum atomic E-state index is -0.474. The summed E-state index contributed by atoms with van der Waals surface area (Å²) in [6.07, 6.45) is 3.99. The lowest BCUT2D eigenvalue weighted by molar-refractivity contribution is -0.133. The highest BCUT2D eigenvalue weighted by Gasteiger charge is 2.35. The van der Waals surface area contributed by atoms with Crippen LogP contribution in [0.3, 0.4) is 0 Å². The fraction of sp³-hybridized carbons (Fsp3) is 0.500. The zero-order chi connectivity index (χ0) is 14.5. The van der Waals surface area contributed by atoms with Gasteiger partial charge in [-0.25, -0.2) is 5.10 Å². The van der Waals surface area contributed by atoms with Crippen molar-refractivity contribution in [3.63, 3.8) is 0 Å². The topological polar surface area (TPSA) is 91.0 Å². The van der Waals surface area contributed by atoms with Gasteiger partial charge in [-0.1, -0.05) is 13.0 Å². The minimum absolute atomic E-state index is 0.0884. The average Bonchev–Trinajstić information content (AvgIpc) is 3.08. The summed E-state index contributed by atoms with van der Waals surface area (Å²) in [5.74, 6) is 1.08. The molecule has 1 fully saturated rings. The van der Waals surface area contributed by atoms with E-state index in [0.29, 0.717) is 23.2 Å². The lowest BCUT2D eigenvalue weighted by Crippen LogP contribution is -2.45. The van der Waals surface area contributed by atoms with Crippen LogP contribution in [0.2, 0.25) is 0 Å². The van der Waals surface area contributed by atoms with Gasteiger partial charge < -0.3 is 4.90 Å². The van der Waals surface area contributed by atoms with Gasteiger partial charge in [-0.15, -0.1) is 11.8 Å². The maximum Gasteiger partial charge on any atom is 0.250 e. The zero-order valence-electron chi connectivity index (χ0n) is 11.4. The molecule has 0 spiro atoms. The van der Waals surface area contributed by atoms with E-state index in [1.807, 2.05) is 13.0 Å². The second-order valence-corrected chi connectivity index (χ2v) is 5.41. The molecule has 8 heteroatoms. The average molecular weight is 295 g/mol. The second-order valence-electron chi connectivity index (χ2n) is 4.41. The molecule has 0 unspecified atom stereocenters. The third kappa shape index (κ3) is 3.19. The van der Waals surface area contributed by atoms with E-state index in [0.717, 1.165) is 6.42 Å². The summed E-state index contributed by atoms with van der Waals surface area (Å²) in [5, 5.41) is 8.85. The highest BCUT2D eigenvalue weighted by atomic mass is 32.2. The lowest BCUT2D eigenvalue weighted by Gasteiger charge is -2.22. The summed E-state index contributed by atoms with van der Waals surface area (Å²) in [6.45, 7) is 3.75. The van der Waals surface area contributed by atoms with Crippen molar-refractivity contribution in [2.75, 3.05) is 16.9 Å². The molecule has 108 valence electrons. The molecule has 1 saturated heterocycles. The number of carbonyl (C=O) groups excluding carboxylic acids is 2. The van der Waals surface area contributed by atoms with Crippen LogP contribution in [0.5, 0.6) is 0 Å². The highest BCUT2D eigenvalue weighted by Crippen LogP contribution is 2.23. The first-order chi connectivity index (χ1) is 9.63. The molecule has 2 amide bonds. The summed E-state index contributed by atoms with van der Waals surface area (Å²) in [4.78, 5) is 29.9. The Labute approximate surface area is 121 Å². The molecule has 1 aromatic heterocycles. The Morgan fingerprint density at radius 1 is 1.65 bits per heavy atom. The number of anilines is 1. The molecular weight excluding hydrogens is 278 g/mol. The van der Waals surface area contributed by atoms with E-state index in [-0.39, 0.29) is 11.8 Å². The molecule has 1 aliphatic heterocycles. The maximum atomic E-state index is 12.3. The summed E-state index contributed by atoms with van der Waals surface area (Å²) < 4.78 is 0. The number of rotatable bonds is 4. The van der Waals surface area contributed by atoms with Crippen LogP contribution < -0.4 is 5.32 Å². The largest absolute Gasteiger partial charge is 0.317 e. The molecule has 0 aliphatic carbocycles. The van der Waals surface area contributed by atoms with Crippen LogP contribution >= 0.6 is 11.8 Å². The lowest BCUT2D eigenvalue weighted by atomic mass is 10.2. The van der Waals surface area contributed by atoms with Crippen molar-refractivity contribution < 1.29 is 9.59 Å². The van der Waals surface area contributed by atoms with E-state index < -0.39 is 6.04 Å². The summed E-state index contributed by atoms with van der Waals surface area (Å²) in [7, 11) is 0. The van der Waals surface area contributed by atoms with Gasteiger partial charge in [0.25, 0.3) is 5.91 Å². The predicted octanol–water partition coefficient (Wildman–Crippen LogP) is 1.00. The van der Waals surface area contributed by atoms with Crippen LogP contribution in [0.25, 0.3) is 0 Å². The Hall–Kier alpha value is -1.83. The first kappa shape index (κ1) is 14.6. The first-order valence-electron chi connectivity index (χ1n) is 6.35. The van der Waals surface area contributed by atoms with Crippen LogP contribution in [0.15, 0.2) is 18.0 Å². The van der Waals surface area contributed by atoms with Crippen molar-refractivity contribution in [2.45, 2.75) is 26.3 Å². The molecule has 0 radical (unpaired) electrons. The smallest absolute Gasteiger partial charge is 0.250 e. The van der Waals surface area contributed by atoms with Gasteiger partial charge in [-0.3, -0.25) is 14.9 Å². The minimum Gasteiger partial charge on any atom is -0.317 e. The van der Waals surface area contributed by atoms with Crippen LogP contribution in [-0.4, -0.2) is 49.6 Å². The van der Waals surface area contributed by atoms with Gasteiger partial charge in [0.15, 0.2) is 0 Å². The van der Waals surface area contributed by atoms with Gasteiger partial charge in [-0.2, -0.15) is 10.1 Å². The molecule has 1 atom stereocenters. The van der Waals surface area contributed by atoms with Crippen LogP contribution in [0.4, 0.5) is 5.95 Å². The van der Waals surface area contributed by atoms with Crippen LogP contribution in [-0.2, 0) is 9.59 Å². The van der Waals surface area contributed by atoms with Crippen LogP contribution in [0.1, 0.15) is 20.3 Å². The number of aromatic amines is 1. The van der Waals surface area contributed by atoms with Gasteiger partial charge in [0.05, 0.1) is 5.88 Å². The third-order valence-corrected chi connectivity index (χ3v) is 3.96. The van der Waals surface area contributed by atoms with Crippen molar-refractivity contribution in [1.29, 1.82) is 0 Å². The normalized spacial score (nSPS) is 19.2. The summed E-state index contributed by atoms with van der Waals surface area (Å²) in [6, 6.07) is -0.474. The Balaban J connectivity index is 2.05. The Kier molecular flexibility index (Phi) is 4.78. The van der Waals surface area contributed by atoms with Crippen molar-refractivity contribution >= 4 is 29.5 Å². The molecule has 2 rings (SSSR count). The van der Waals surface area contributed by atoms with Gasteiger partial charge in [0.1, 0.15) is 12.4 Å². The second kappa shape index (κ2) is 6.56. The number of hydrogen-bond donors (Lipinski definition) is 2. The fourth-order valence-corrected chi connectivity index (χ4v) is 3.10. The molecule has 0 aromatic carbocycles. The summed E-state index contributed by atoms with van der Waals surface area (Å²) >= 11 is 1.57. The molecule has 7 nitrogen and oxygen atoms in total. The first-order valence-corrected chi connectivity index (χ1v) is 7.50. The zero-order valence-corrected chi connectivity index (χ0v) is 12.2. The molecule has 2 N–H and O–H groups in total. The number of hydrogen-bond acceptors (Lipinski definition) is 5. The van der Waals surface area contributed by atoms with E-state index in [2.05, 4.69) is 20.5 Å². The third-order valence-electron chi connectivity index (χ3n) is 2.95. The van der Waals surface area contributed by atoms with Gasteiger partial charge in [0.2, 0.25) is 11.9 Å². The van der Waals surface area contributed by atoms with Crippen LogP contribution in [0, 0.1) is 0 Å². The Morgan fingerprint density at radius 2 is 2.45 bits per heavy atom. The van der Waals surface area contributed by atoms with Crippen molar-refractivity contribution in [3.05, 3.63) is 18.0 Å². The molecule has 0 bridgehead atoms. The number of nitrogens with one attached hydrogen (secondary N) is 2. The molecular formula is C12H17N5O2S. The number of thioether (sulfide) groups is 1. The van der Waals surface area contributed by atoms with E-state index in [4.69, 9.17) is 0 Å². The van der Waals surface area contributed by atoms with Gasteiger partial charge in [-0.05, 0) is 13.3 Å². The van der Waals surface area contributed by atoms with Crippen molar-refractivity contribution in [1.82, 2.24) is 20.1 Å². The monoisotopic (exact) mass is 295 g/mol. The van der Waals surface area contributed by atoms with E-state index in [1.54, 1.807) is 23.6 Å². The Morgan fingerprint density at radius 3 is 3.10 bits per heavy atom. The van der Waals surface area contributed by atoms with Crippen molar-refractivity contribution in [2.24, 2.45) is 0 Å². The molecule has 1 aliphatic rings. The fourth-order valence-electron chi connectivity index (χ4n) is 1.95. The number of nitrogens with zero attached hydrogens (tertiary/aromatic N) is 3. The van der Waals surface area contributed by atoms with E-state index >= 15 is 0 Å². The standard InChI is InChI=1S/C12H17N5O2S/c1-3-4-8(2)11(19)17-7-20-5-9(17)10(18)15-12-13-6-14-16-12/h4,6,9H,3,5,7H2,1-2H3,(H2,13,14,15,16,18)/b8-4+/t9-/m0/s1. The molecule has 2 heterocycles. The SMILES string of the molecule is CC/C=C(\C)C(=O)N1CSC[C@H]1C(=O)Nc1ncn[nH]1. The highest BCUT2D eigenvalue weighted by molar-refractivity contribution is 7.99. The molecule has 20 heavy (non-hydrogen) atoms. The number of carbonyl (C=O) groups is 2. The van der Waals surface area contributed by atoms with E-state index in [1.165, 1.54) is 6.33 Å². The molecule has 1 aromatic rings. The summed E-state index contributed by atoms with van der Waals surface area (Å²) in [5.41, 5.74) is 0.674. The van der Waals surface area contributed by atoms with Gasteiger partial charge >= 0.3 is 0 Å². The quantitative estimate of drug-likeness (QED) is 0.809. The van der Waals surface area contributed by atoms with Crippen molar-refractivity contribution in [3.8, 4) is 0 Å². The predicted molar refractivity (Wildman–Crippen MR) is 77.0 cm³/mol. The number of amides is 2. The maximum absolute atomic E-state index is 12.3. The number of allylic oxidation sites excluding steroid dienone is 1. The molecule has 0 saturated carbocycles. The Bertz CT molecular complexity index is 514.